The van der Waals surface area contributed by atoms with Gasteiger partial charge in [-0.25, -0.2) is 0 Å². The molecule has 2 bridgehead atoms. The highest BCUT2D eigenvalue weighted by molar-refractivity contribution is 7.27. The minimum Gasteiger partial charge on any atom is -0.481 e. The van der Waals surface area contributed by atoms with Crippen molar-refractivity contribution in [2.24, 2.45) is 5.41 Å². The second kappa shape index (κ2) is 1.42. The molecule has 0 unspecified atom stereocenters. The quantitative estimate of drug-likeness (QED) is 0.599. The molecule has 0 aromatic heterocycles. The maximum atomic E-state index is 10.5. The lowest BCUT2D eigenvalue weighted by molar-refractivity contribution is -0.177. The molecule has 3 aliphatic carbocycles. The maximum absolute atomic E-state index is 10.5. The summed E-state index contributed by atoms with van der Waals surface area (Å²) in [5, 5.41) is 15.9. The molecule has 0 spiro atoms. The van der Waals surface area contributed by atoms with Crippen LogP contribution in [0.4, 0.5) is 0 Å². The Morgan fingerprint density at radius 2 is 2.00 bits per heavy atom. The Hall–Kier alpha value is -0.430. The Bertz CT molecular complexity index is 206. The van der Waals surface area contributed by atoms with Crippen LogP contribution >= 0.6 is 8.37 Å². The van der Waals surface area contributed by atoms with Gasteiger partial charge in [-0.05, 0) is 19.3 Å². The molecular formula is C6H8NO2P. The summed E-state index contributed by atoms with van der Waals surface area (Å²) in [6.07, 6.45) is 2.25. The number of hydrogen-bond acceptors (Lipinski definition) is 2. The summed E-state index contributed by atoms with van der Waals surface area (Å²) >= 11 is 0. The van der Waals surface area contributed by atoms with Gasteiger partial charge in [0.2, 0.25) is 0 Å². The molecule has 0 aliphatic heterocycles. The van der Waals surface area contributed by atoms with Crippen LogP contribution in [0.1, 0.15) is 19.3 Å². The first-order chi connectivity index (χ1) is 4.63. The molecule has 3 saturated carbocycles. The van der Waals surface area contributed by atoms with Gasteiger partial charge < -0.3 is 5.11 Å². The smallest absolute Gasteiger partial charge is 0.309 e. The number of carbonyl (C=O) groups is 1. The van der Waals surface area contributed by atoms with Gasteiger partial charge >= 0.3 is 5.97 Å². The van der Waals surface area contributed by atoms with Gasteiger partial charge in [-0.3, -0.25) is 9.96 Å². The molecule has 0 saturated heterocycles. The van der Waals surface area contributed by atoms with Crippen LogP contribution in [0.3, 0.4) is 0 Å². The third kappa shape index (κ3) is 0.463. The second-order valence-electron chi connectivity index (χ2n) is 3.45. The fourth-order valence-corrected chi connectivity index (χ4v) is 3.22. The second-order valence-corrected chi connectivity index (χ2v) is 4.62. The van der Waals surface area contributed by atoms with E-state index >= 15 is 0 Å². The Morgan fingerprint density at radius 1 is 1.50 bits per heavy atom. The standard InChI is InChI=1S/C6H8NO2P/c7-10-6-1-5(2-6,3-6)4(8)9/h7H,1-3H2,(H,8,9). The van der Waals surface area contributed by atoms with Crippen molar-refractivity contribution in [2.75, 3.05) is 0 Å². The molecule has 3 aliphatic rings. The number of rotatable bonds is 2. The SMILES string of the molecule is N=PC12CC(C(=O)O)(C1)C2. The normalized spacial score (nSPS) is 49.6. The van der Waals surface area contributed by atoms with Gasteiger partial charge in [0.25, 0.3) is 0 Å². The number of carboxylic acids is 1. The van der Waals surface area contributed by atoms with Gasteiger partial charge in [0.15, 0.2) is 0 Å². The molecular weight excluding hydrogens is 149 g/mol. The molecule has 0 radical (unpaired) electrons. The number of carboxylic acid groups (broad SMARTS) is 1. The molecule has 0 amide bonds. The van der Waals surface area contributed by atoms with Crippen LogP contribution in [0.15, 0.2) is 0 Å². The lowest BCUT2D eigenvalue weighted by Crippen LogP contribution is -2.67. The Balaban J connectivity index is 2.10. The van der Waals surface area contributed by atoms with Crippen molar-refractivity contribution in [1.82, 2.24) is 0 Å². The van der Waals surface area contributed by atoms with E-state index in [2.05, 4.69) is 0 Å². The molecule has 0 aromatic carbocycles. The molecule has 0 atom stereocenters. The fourth-order valence-electron chi connectivity index (χ4n) is 2.08. The summed E-state index contributed by atoms with van der Waals surface area (Å²) in [6, 6.07) is 0. The summed E-state index contributed by atoms with van der Waals surface area (Å²) in [7, 11) is 0.640. The molecule has 0 heterocycles. The van der Waals surface area contributed by atoms with E-state index in [1.54, 1.807) is 0 Å². The van der Waals surface area contributed by atoms with E-state index in [0.717, 1.165) is 19.3 Å². The predicted octanol–water partition coefficient (Wildman–Crippen LogP) is 1.70. The van der Waals surface area contributed by atoms with E-state index in [-0.39, 0.29) is 10.6 Å². The van der Waals surface area contributed by atoms with Gasteiger partial charge in [0, 0.05) is 13.5 Å². The third-order valence-electron chi connectivity index (χ3n) is 2.69. The van der Waals surface area contributed by atoms with Crippen LogP contribution in [0.2, 0.25) is 0 Å². The minimum atomic E-state index is -0.655. The Morgan fingerprint density at radius 3 is 2.30 bits per heavy atom. The molecule has 3 nitrogen and oxygen atoms in total. The van der Waals surface area contributed by atoms with Crippen molar-refractivity contribution >= 4 is 14.3 Å². The van der Waals surface area contributed by atoms with Crippen LogP contribution in [-0.2, 0) is 4.79 Å². The Kier molecular flexibility index (Phi) is 0.896. The highest BCUT2D eigenvalue weighted by Gasteiger charge is 2.71. The highest BCUT2D eigenvalue weighted by Crippen LogP contribution is 2.73. The first-order valence-corrected chi connectivity index (χ1v) is 4.14. The van der Waals surface area contributed by atoms with Crippen LogP contribution < -0.4 is 0 Å². The first-order valence-electron chi connectivity index (χ1n) is 3.25. The largest absolute Gasteiger partial charge is 0.481 e. The third-order valence-corrected chi connectivity index (χ3v) is 3.64. The topological polar surface area (TPSA) is 61.2 Å². The van der Waals surface area contributed by atoms with Gasteiger partial charge in [0.05, 0.1) is 5.41 Å². The van der Waals surface area contributed by atoms with Crippen molar-refractivity contribution in [1.29, 1.82) is 5.16 Å². The Labute approximate surface area is 60.1 Å². The first kappa shape index (κ1) is 6.29. The monoisotopic (exact) mass is 157 g/mol. The molecule has 0 aromatic rings. The minimum absolute atomic E-state index is 0.110. The molecule has 54 valence electrons. The van der Waals surface area contributed by atoms with E-state index < -0.39 is 5.97 Å². The molecule has 10 heavy (non-hydrogen) atoms. The van der Waals surface area contributed by atoms with Crippen molar-refractivity contribution in [3.63, 3.8) is 0 Å². The lowest BCUT2D eigenvalue weighted by Gasteiger charge is -2.65. The molecule has 4 heteroatoms. The zero-order valence-corrected chi connectivity index (χ0v) is 6.32. The van der Waals surface area contributed by atoms with Gasteiger partial charge in [-0.2, -0.15) is 0 Å². The van der Waals surface area contributed by atoms with Gasteiger partial charge in [0.1, 0.15) is 0 Å². The number of aliphatic carboxylic acids is 1. The van der Waals surface area contributed by atoms with Crippen LogP contribution in [0.5, 0.6) is 0 Å². The van der Waals surface area contributed by atoms with Crippen molar-refractivity contribution in [2.45, 2.75) is 24.4 Å². The average Bonchev–Trinajstić information content (AvgIpc) is 1.57. The van der Waals surface area contributed by atoms with Crippen molar-refractivity contribution in [3.8, 4) is 0 Å². The lowest BCUT2D eigenvalue weighted by atomic mass is 9.43. The van der Waals surface area contributed by atoms with Gasteiger partial charge in [-0.1, -0.05) is 0 Å². The fraction of sp³-hybridized carbons (Fsp3) is 0.833. The van der Waals surface area contributed by atoms with Crippen molar-refractivity contribution in [3.05, 3.63) is 0 Å². The zero-order chi connectivity index (χ0) is 7.41. The van der Waals surface area contributed by atoms with Gasteiger partial charge in [-0.15, -0.1) is 0 Å². The van der Waals surface area contributed by atoms with E-state index in [1.165, 1.54) is 0 Å². The zero-order valence-electron chi connectivity index (χ0n) is 5.42. The summed E-state index contributed by atoms with van der Waals surface area (Å²) < 4.78 is 0. The molecule has 3 fully saturated rings. The molecule has 2 N–H and O–H groups in total. The van der Waals surface area contributed by atoms with E-state index in [9.17, 15) is 4.79 Å². The van der Waals surface area contributed by atoms with E-state index in [0.29, 0.717) is 8.37 Å². The maximum Gasteiger partial charge on any atom is 0.309 e. The summed E-state index contributed by atoms with van der Waals surface area (Å²) in [5.41, 5.74) is -0.381. The van der Waals surface area contributed by atoms with Crippen LogP contribution in [0.25, 0.3) is 0 Å². The van der Waals surface area contributed by atoms with Crippen LogP contribution in [-0.4, -0.2) is 16.2 Å². The van der Waals surface area contributed by atoms with Crippen LogP contribution in [0, 0.1) is 10.6 Å². The van der Waals surface area contributed by atoms with E-state index in [4.69, 9.17) is 10.3 Å². The number of hydrogen-bond donors (Lipinski definition) is 2. The number of nitrogens with one attached hydrogen (secondary N) is 1. The summed E-state index contributed by atoms with van der Waals surface area (Å²) in [6.45, 7) is 0. The predicted molar refractivity (Wildman–Crippen MR) is 36.3 cm³/mol. The molecule has 3 rings (SSSR count). The highest BCUT2D eigenvalue weighted by atomic mass is 31.1. The average molecular weight is 157 g/mol. The summed E-state index contributed by atoms with van der Waals surface area (Å²) in [4.78, 5) is 10.5. The summed E-state index contributed by atoms with van der Waals surface area (Å²) in [5.74, 6) is -0.655. The van der Waals surface area contributed by atoms with E-state index in [1.807, 2.05) is 0 Å². The van der Waals surface area contributed by atoms with Crippen molar-refractivity contribution < 1.29 is 9.90 Å².